The molecular weight excluding hydrogens is 294 g/mol. The number of hydrogen-bond acceptors (Lipinski definition) is 2. The highest BCUT2D eigenvalue weighted by Gasteiger charge is 2.00. The van der Waals surface area contributed by atoms with Gasteiger partial charge in [0.25, 0.3) is 5.56 Å². The largest absolute Gasteiger partial charge is 0.491 e. The molecule has 0 amide bonds. The Morgan fingerprint density at radius 1 is 1.28 bits per heavy atom. The van der Waals surface area contributed by atoms with Gasteiger partial charge in [0.05, 0.1) is 6.54 Å². The van der Waals surface area contributed by atoms with Gasteiger partial charge in [-0.2, -0.15) is 0 Å². The first-order chi connectivity index (χ1) is 8.66. The minimum absolute atomic E-state index is 0.00590. The molecule has 0 aliphatic heterocycles. The summed E-state index contributed by atoms with van der Waals surface area (Å²) in [5.74, 6) is 0.849. The molecule has 4 heteroatoms. The number of hydrogen-bond donors (Lipinski definition) is 0. The van der Waals surface area contributed by atoms with Gasteiger partial charge in [0.1, 0.15) is 12.4 Å². The van der Waals surface area contributed by atoms with E-state index in [-0.39, 0.29) is 5.56 Å². The summed E-state index contributed by atoms with van der Waals surface area (Å²) in [6.07, 6.45) is 1.76. The highest BCUT2D eigenvalue weighted by Crippen LogP contribution is 2.21. The molecule has 0 saturated heterocycles. The van der Waals surface area contributed by atoms with Crippen molar-refractivity contribution in [3.05, 3.63) is 63.0 Å². The van der Waals surface area contributed by atoms with Gasteiger partial charge in [-0.3, -0.25) is 4.79 Å². The van der Waals surface area contributed by atoms with Crippen molar-refractivity contribution >= 4 is 15.9 Å². The first-order valence-corrected chi connectivity index (χ1v) is 6.50. The molecule has 3 nitrogen and oxygen atoms in total. The molecule has 0 saturated carbocycles. The summed E-state index contributed by atoms with van der Waals surface area (Å²) < 4.78 is 8.34. The van der Waals surface area contributed by atoms with E-state index in [1.165, 1.54) is 0 Å². The molecule has 0 bridgehead atoms. The Kier molecular flexibility index (Phi) is 4.20. The monoisotopic (exact) mass is 307 g/mol. The van der Waals surface area contributed by atoms with Gasteiger partial charge in [0.15, 0.2) is 0 Å². The van der Waals surface area contributed by atoms with Gasteiger partial charge in [0, 0.05) is 16.7 Å². The van der Waals surface area contributed by atoms with Crippen LogP contribution in [0.25, 0.3) is 0 Å². The number of halogens is 1. The zero-order chi connectivity index (χ0) is 13.0. The lowest BCUT2D eigenvalue weighted by Gasteiger charge is -2.10. The van der Waals surface area contributed by atoms with Crippen molar-refractivity contribution < 1.29 is 4.74 Å². The van der Waals surface area contributed by atoms with E-state index in [4.69, 9.17) is 4.74 Å². The number of aryl methyl sites for hydroxylation is 1. The molecule has 0 fully saturated rings. The molecule has 1 aromatic heterocycles. The third-order valence-electron chi connectivity index (χ3n) is 2.63. The Morgan fingerprint density at radius 3 is 2.83 bits per heavy atom. The molecule has 1 aromatic carbocycles. The van der Waals surface area contributed by atoms with Crippen LogP contribution in [0.3, 0.4) is 0 Å². The van der Waals surface area contributed by atoms with E-state index in [1.54, 1.807) is 22.9 Å². The van der Waals surface area contributed by atoms with Gasteiger partial charge in [-0.15, -0.1) is 0 Å². The van der Waals surface area contributed by atoms with Gasteiger partial charge in [-0.1, -0.05) is 22.0 Å². The minimum Gasteiger partial charge on any atom is -0.491 e. The second-order valence-electron chi connectivity index (χ2n) is 3.99. The molecule has 2 rings (SSSR count). The Bertz CT molecular complexity index is 592. The lowest BCUT2D eigenvalue weighted by atomic mass is 10.2. The summed E-state index contributed by atoms with van der Waals surface area (Å²) >= 11 is 3.41. The van der Waals surface area contributed by atoms with Crippen LogP contribution in [0, 0.1) is 6.92 Å². The van der Waals surface area contributed by atoms with Crippen molar-refractivity contribution in [1.82, 2.24) is 4.57 Å². The second-order valence-corrected chi connectivity index (χ2v) is 4.91. The summed E-state index contributed by atoms with van der Waals surface area (Å²) in [6.45, 7) is 3.02. The van der Waals surface area contributed by atoms with Gasteiger partial charge < -0.3 is 9.30 Å². The van der Waals surface area contributed by atoms with E-state index in [0.717, 1.165) is 15.8 Å². The molecule has 0 N–H and O–H groups in total. The lowest BCUT2D eigenvalue weighted by molar-refractivity contribution is 0.294. The Morgan fingerprint density at radius 2 is 2.11 bits per heavy atom. The van der Waals surface area contributed by atoms with Crippen molar-refractivity contribution in [3.63, 3.8) is 0 Å². The molecule has 94 valence electrons. The van der Waals surface area contributed by atoms with Crippen LogP contribution in [0.15, 0.2) is 51.9 Å². The van der Waals surface area contributed by atoms with Crippen LogP contribution in [-0.2, 0) is 6.54 Å². The average Bonchev–Trinajstić information content (AvgIpc) is 2.34. The summed E-state index contributed by atoms with van der Waals surface area (Å²) in [5.41, 5.74) is 1.07. The highest BCUT2D eigenvalue weighted by atomic mass is 79.9. The molecular formula is C14H14BrNO2. The number of benzene rings is 1. The molecule has 2 aromatic rings. The third-order valence-corrected chi connectivity index (χ3v) is 3.12. The van der Waals surface area contributed by atoms with Crippen LogP contribution >= 0.6 is 15.9 Å². The molecule has 0 unspecified atom stereocenters. The van der Waals surface area contributed by atoms with Crippen molar-refractivity contribution in [3.8, 4) is 5.75 Å². The van der Waals surface area contributed by atoms with Crippen molar-refractivity contribution in [2.24, 2.45) is 0 Å². The molecule has 18 heavy (non-hydrogen) atoms. The van der Waals surface area contributed by atoms with Crippen LogP contribution in [0.4, 0.5) is 0 Å². The average molecular weight is 308 g/mol. The fraction of sp³-hybridized carbons (Fsp3) is 0.214. The Balaban J connectivity index is 1.97. The van der Waals surface area contributed by atoms with Crippen LogP contribution < -0.4 is 10.3 Å². The molecule has 1 heterocycles. The maximum Gasteiger partial charge on any atom is 0.250 e. The third kappa shape index (κ3) is 3.23. The van der Waals surface area contributed by atoms with E-state index < -0.39 is 0 Å². The SMILES string of the molecule is Cc1cc(Br)ccc1OCCn1ccccc1=O. The summed E-state index contributed by atoms with van der Waals surface area (Å²) in [4.78, 5) is 11.5. The number of nitrogens with zero attached hydrogens (tertiary/aromatic N) is 1. The zero-order valence-corrected chi connectivity index (χ0v) is 11.7. The van der Waals surface area contributed by atoms with Crippen LogP contribution in [0.5, 0.6) is 5.75 Å². The van der Waals surface area contributed by atoms with Crippen LogP contribution in [0.2, 0.25) is 0 Å². The van der Waals surface area contributed by atoms with Gasteiger partial charge in [-0.25, -0.2) is 0 Å². The van der Waals surface area contributed by atoms with Crippen molar-refractivity contribution in [2.45, 2.75) is 13.5 Å². The van der Waals surface area contributed by atoms with Gasteiger partial charge >= 0.3 is 0 Å². The van der Waals surface area contributed by atoms with E-state index in [0.29, 0.717) is 13.2 Å². The standard InChI is InChI=1S/C14H14BrNO2/c1-11-10-12(15)5-6-13(11)18-9-8-16-7-3-2-4-14(16)17/h2-7,10H,8-9H2,1H3. The zero-order valence-electron chi connectivity index (χ0n) is 10.1. The maximum atomic E-state index is 11.5. The first kappa shape index (κ1) is 12.9. The summed E-state index contributed by atoms with van der Waals surface area (Å²) in [5, 5.41) is 0. The van der Waals surface area contributed by atoms with E-state index in [1.807, 2.05) is 31.2 Å². The minimum atomic E-state index is -0.00590. The maximum absolute atomic E-state index is 11.5. The smallest absolute Gasteiger partial charge is 0.250 e. The van der Waals surface area contributed by atoms with Gasteiger partial charge in [0.2, 0.25) is 0 Å². The van der Waals surface area contributed by atoms with E-state index >= 15 is 0 Å². The fourth-order valence-corrected chi connectivity index (χ4v) is 2.15. The highest BCUT2D eigenvalue weighted by molar-refractivity contribution is 9.10. The van der Waals surface area contributed by atoms with Crippen molar-refractivity contribution in [1.29, 1.82) is 0 Å². The first-order valence-electron chi connectivity index (χ1n) is 5.71. The van der Waals surface area contributed by atoms with E-state index in [9.17, 15) is 4.79 Å². The normalized spacial score (nSPS) is 10.3. The number of pyridine rings is 1. The number of rotatable bonds is 4. The summed E-state index contributed by atoms with van der Waals surface area (Å²) in [7, 11) is 0. The quantitative estimate of drug-likeness (QED) is 0.869. The van der Waals surface area contributed by atoms with Crippen LogP contribution in [-0.4, -0.2) is 11.2 Å². The molecule has 0 spiro atoms. The fourth-order valence-electron chi connectivity index (χ4n) is 1.67. The van der Waals surface area contributed by atoms with E-state index in [2.05, 4.69) is 15.9 Å². The lowest BCUT2D eigenvalue weighted by Crippen LogP contribution is -2.21. The number of ether oxygens (including phenoxy) is 1. The predicted octanol–water partition coefficient (Wildman–Crippen LogP) is 3.00. The van der Waals surface area contributed by atoms with Crippen LogP contribution in [0.1, 0.15) is 5.56 Å². The predicted molar refractivity (Wildman–Crippen MR) is 75.1 cm³/mol. The molecule has 0 aliphatic rings. The number of aromatic nitrogens is 1. The topological polar surface area (TPSA) is 31.2 Å². The van der Waals surface area contributed by atoms with Crippen molar-refractivity contribution in [2.75, 3.05) is 6.61 Å². The second kappa shape index (κ2) is 5.87. The Labute approximate surface area is 114 Å². The molecule has 0 radical (unpaired) electrons. The summed E-state index contributed by atoms with van der Waals surface area (Å²) in [6, 6.07) is 11.0. The Hall–Kier alpha value is -1.55. The molecule has 0 aliphatic carbocycles. The van der Waals surface area contributed by atoms with Gasteiger partial charge in [-0.05, 0) is 36.8 Å². The molecule has 0 atom stereocenters.